The summed E-state index contributed by atoms with van der Waals surface area (Å²) in [5.41, 5.74) is 3.79. The van der Waals surface area contributed by atoms with Gasteiger partial charge in [0.1, 0.15) is 5.75 Å². The maximum atomic E-state index is 13.5. The van der Waals surface area contributed by atoms with Gasteiger partial charge in [0.05, 0.1) is 34.6 Å². The number of anilines is 1. The van der Waals surface area contributed by atoms with Crippen molar-refractivity contribution in [2.75, 3.05) is 12.4 Å². The Balaban J connectivity index is 1.76. The monoisotopic (exact) mass is 459 g/mol. The third-order valence-corrected chi connectivity index (χ3v) is 6.42. The molecule has 4 rings (SSSR count). The van der Waals surface area contributed by atoms with Crippen molar-refractivity contribution in [1.82, 2.24) is 9.55 Å². The van der Waals surface area contributed by atoms with Crippen LogP contribution in [0.5, 0.6) is 5.75 Å². The van der Waals surface area contributed by atoms with Crippen molar-refractivity contribution in [2.45, 2.75) is 31.2 Å². The zero-order valence-electron chi connectivity index (χ0n) is 19.0. The Hall–Kier alpha value is -3.58. The van der Waals surface area contributed by atoms with E-state index in [2.05, 4.69) is 5.32 Å². The Morgan fingerprint density at radius 3 is 2.58 bits per heavy atom. The summed E-state index contributed by atoms with van der Waals surface area (Å²) in [5.74, 6) is 0.374. The number of fused-ring (bicyclic) bond motifs is 1. The molecule has 4 aromatic rings. The lowest BCUT2D eigenvalue weighted by molar-refractivity contribution is -0.115. The van der Waals surface area contributed by atoms with Gasteiger partial charge in [0.15, 0.2) is 5.16 Å². The van der Waals surface area contributed by atoms with Crippen molar-refractivity contribution in [3.63, 3.8) is 0 Å². The normalized spacial score (nSPS) is 11.9. The van der Waals surface area contributed by atoms with Crippen LogP contribution in [-0.4, -0.2) is 27.8 Å². The average molecular weight is 460 g/mol. The Morgan fingerprint density at radius 2 is 1.79 bits per heavy atom. The highest BCUT2D eigenvalue weighted by Gasteiger charge is 2.22. The Kier molecular flexibility index (Phi) is 6.51. The van der Waals surface area contributed by atoms with E-state index in [1.807, 2.05) is 62.4 Å². The standard InChI is InChI=1S/C26H25N3O3S/c1-16-13-14-17(2)22(15-16)29-25(31)19-9-5-6-10-20(19)28-26(29)33-18(3)24(30)27-21-11-7-8-12-23(21)32-4/h5-15,18H,1-4H3,(H,27,30)/t18-/m1/s1. The first-order valence-electron chi connectivity index (χ1n) is 10.6. The van der Waals surface area contributed by atoms with Crippen LogP contribution < -0.4 is 15.6 Å². The maximum absolute atomic E-state index is 13.5. The lowest BCUT2D eigenvalue weighted by Crippen LogP contribution is -2.26. The van der Waals surface area contributed by atoms with Gasteiger partial charge in [0, 0.05) is 0 Å². The van der Waals surface area contributed by atoms with Gasteiger partial charge in [0.25, 0.3) is 5.56 Å². The van der Waals surface area contributed by atoms with Gasteiger partial charge in [-0.3, -0.25) is 14.2 Å². The predicted molar refractivity (Wildman–Crippen MR) is 134 cm³/mol. The smallest absolute Gasteiger partial charge is 0.266 e. The van der Waals surface area contributed by atoms with Gasteiger partial charge in [-0.15, -0.1) is 0 Å². The fraction of sp³-hybridized carbons (Fsp3) is 0.192. The average Bonchev–Trinajstić information content (AvgIpc) is 2.81. The number of methoxy groups -OCH3 is 1. The molecule has 33 heavy (non-hydrogen) atoms. The minimum Gasteiger partial charge on any atom is -0.495 e. The molecule has 1 heterocycles. The highest BCUT2D eigenvalue weighted by molar-refractivity contribution is 8.00. The summed E-state index contributed by atoms with van der Waals surface area (Å²) in [7, 11) is 1.56. The van der Waals surface area contributed by atoms with Crippen molar-refractivity contribution >= 4 is 34.3 Å². The minimum atomic E-state index is -0.515. The van der Waals surface area contributed by atoms with Crippen LogP contribution in [0.1, 0.15) is 18.1 Å². The van der Waals surface area contributed by atoms with E-state index in [1.165, 1.54) is 11.8 Å². The Labute approximate surface area is 196 Å². The molecule has 0 saturated carbocycles. The first-order chi connectivity index (χ1) is 15.9. The highest BCUT2D eigenvalue weighted by atomic mass is 32.2. The molecule has 1 aromatic heterocycles. The van der Waals surface area contributed by atoms with Crippen LogP contribution in [-0.2, 0) is 4.79 Å². The number of aromatic nitrogens is 2. The number of thioether (sulfide) groups is 1. The van der Waals surface area contributed by atoms with E-state index in [-0.39, 0.29) is 11.5 Å². The van der Waals surface area contributed by atoms with E-state index in [0.29, 0.717) is 27.5 Å². The molecular formula is C26H25N3O3S. The van der Waals surface area contributed by atoms with Crippen LogP contribution in [0.3, 0.4) is 0 Å². The molecule has 1 amide bonds. The van der Waals surface area contributed by atoms with E-state index in [4.69, 9.17) is 9.72 Å². The molecule has 0 radical (unpaired) electrons. The Bertz CT molecular complexity index is 1400. The second-order valence-electron chi connectivity index (χ2n) is 7.79. The zero-order chi connectivity index (χ0) is 23.5. The molecule has 0 aliphatic heterocycles. The fourth-order valence-electron chi connectivity index (χ4n) is 3.56. The van der Waals surface area contributed by atoms with Crippen LogP contribution in [0.2, 0.25) is 0 Å². The van der Waals surface area contributed by atoms with Crippen molar-refractivity contribution < 1.29 is 9.53 Å². The first-order valence-corrected chi connectivity index (χ1v) is 11.5. The molecule has 0 aliphatic carbocycles. The maximum Gasteiger partial charge on any atom is 0.266 e. The molecule has 0 spiro atoms. The van der Waals surface area contributed by atoms with Crippen LogP contribution in [0.15, 0.2) is 76.7 Å². The molecule has 0 fully saturated rings. The predicted octanol–water partition coefficient (Wildman–Crippen LogP) is 5.13. The van der Waals surface area contributed by atoms with Crippen LogP contribution in [0.4, 0.5) is 5.69 Å². The molecule has 0 aliphatic rings. The highest BCUT2D eigenvalue weighted by Crippen LogP contribution is 2.29. The van der Waals surface area contributed by atoms with E-state index in [0.717, 1.165) is 16.8 Å². The number of benzene rings is 3. The summed E-state index contributed by atoms with van der Waals surface area (Å²) in [6, 6.07) is 20.5. The lowest BCUT2D eigenvalue weighted by atomic mass is 10.1. The van der Waals surface area contributed by atoms with Gasteiger partial charge in [-0.1, -0.05) is 48.2 Å². The largest absolute Gasteiger partial charge is 0.495 e. The fourth-order valence-corrected chi connectivity index (χ4v) is 4.48. The third-order valence-electron chi connectivity index (χ3n) is 5.37. The van der Waals surface area contributed by atoms with Gasteiger partial charge in [-0.25, -0.2) is 4.98 Å². The number of amides is 1. The molecule has 0 unspecified atom stereocenters. The molecule has 7 heteroatoms. The molecule has 6 nitrogen and oxygen atoms in total. The molecule has 3 aromatic carbocycles. The van der Waals surface area contributed by atoms with E-state index in [9.17, 15) is 9.59 Å². The van der Waals surface area contributed by atoms with Crippen molar-refractivity contribution in [2.24, 2.45) is 0 Å². The summed E-state index contributed by atoms with van der Waals surface area (Å²) in [6.45, 7) is 5.74. The number of carbonyl (C=O) groups is 1. The first kappa shape index (κ1) is 22.6. The van der Waals surface area contributed by atoms with Gasteiger partial charge in [0.2, 0.25) is 5.91 Å². The number of ether oxygens (including phenoxy) is 1. The summed E-state index contributed by atoms with van der Waals surface area (Å²) in [6.07, 6.45) is 0. The summed E-state index contributed by atoms with van der Waals surface area (Å²) < 4.78 is 6.94. The van der Waals surface area contributed by atoms with E-state index >= 15 is 0 Å². The van der Waals surface area contributed by atoms with E-state index in [1.54, 1.807) is 36.8 Å². The van der Waals surface area contributed by atoms with Gasteiger partial charge in [-0.05, 0) is 62.2 Å². The van der Waals surface area contributed by atoms with Gasteiger partial charge in [-0.2, -0.15) is 0 Å². The Morgan fingerprint density at radius 1 is 1.06 bits per heavy atom. The third kappa shape index (κ3) is 4.64. The van der Waals surface area contributed by atoms with E-state index < -0.39 is 5.25 Å². The number of nitrogens with zero attached hydrogens (tertiary/aromatic N) is 2. The molecule has 168 valence electrons. The zero-order valence-corrected chi connectivity index (χ0v) is 19.8. The molecule has 1 atom stereocenters. The van der Waals surface area contributed by atoms with Gasteiger partial charge < -0.3 is 10.1 Å². The topological polar surface area (TPSA) is 73.2 Å². The second-order valence-corrected chi connectivity index (χ2v) is 9.10. The number of rotatable bonds is 6. The van der Waals surface area contributed by atoms with Crippen LogP contribution >= 0.6 is 11.8 Å². The summed E-state index contributed by atoms with van der Waals surface area (Å²) in [4.78, 5) is 31.3. The number of nitrogens with one attached hydrogen (secondary N) is 1. The molecule has 1 N–H and O–H groups in total. The molecule has 0 saturated heterocycles. The molecular weight excluding hydrogens is 434 g/mol. The van der Waals surface area contributed by atoms with Crippen LogP contribution in [0.25, 0.3) is 16.6 Å². The van der Waals surface area contributed by atoms with Crippen LogP contribution in [0, 0.1) is 13.8 Å². The molecule has 0 bridgehead atoms. The van der Waals surface area contributed by atoms with Crippen molar-refractivity contribution in [3.05, 3.63) is 88.2 Å². The summed E-state index contributed by atoms with van der Waals surface area (Å²) >= 11 is 1.25. The van der Waals surface area contributed by atoms with Crippen molar-refractivity contribution in [1.29, 1.82) is 0 Å². The second kappa shape index (κ2) is 9.50. The SMILES string of the molecule is COc1ccccc1NC(=O)[C@@H](C)Sc1nc2ccccc2c(=O)n1-c1cc(C)ccc1C. The number of hydrogen-bond donors (Lipinski definition) is 1. The number of para-hydroxylation sites is 3. The van der Waals surface area contributed by atoms with Gasteiger partial charge >= 0.3 is 0 Å². The summed E-state index contributed by atoms with van der Waals surface area (Å²) in [5, 5.41) is 3.40. The lowest BCUT2D eigenvalue weighted by Gasteiger charge is -2.18. The number of aryl methyl sites for hydroxylation is 2. The minimum absolute atomic E-state index is 0.158. The number of hydrogen-bond acceptors (Lipinski definition) is 5. The van der Waals surface area contributed by atoms with Crippen molar-refractivity contribution in [3.8, 4) is 11.4 Å². The number of carbonyl (C=O) groups excluding carboxylic acids is 1. The quantitative estimate of drug-likeness (QED) is 0.320.